The van der Waals surface area contributed by atoms with Crippen LogP contribution in [0.15, 0.2) is 30.3 Å². The normalized spacial score (nSPS) is 17.6. The van der Waals surface area contributed by atoms with E-state index in [-0.39, 0.29) is 12.6 Å². The van der Waals surface area contributed by atoms with Gasteiger partial charge in [0.2, 0.25) is 0 Å². The number of aliphatic hydroxyl groups is 1. The van der Waals surface area contributed by atoms with Crippen LogP contribution >= 0.6 is 0 Å². The van der Waals surface area contributed by atoms with Gasteiger partial charge >= 0.3 is 6.03 Å². The highest BCUT2D eigenvalue weighted by molar-refractivity contribution is 5.90. The van der Waals surface area contributed by atoms with Crippen molar-refractivity contribution >= 4 is 11.8 Å². The number of aromatic nitrogens is 2. The summed E-state index contributed by atoms with van der Waals surface area (Å²) in [4.78, 5) is 14.6. The van der Waals surface area contributed by atoms with Crippen molar-refractivity contribution in [2.75, 3.05) is 25.0 Å². The van der Waals surface area contributed by atoms with E-state index in [9.17, 15) is 9.90 Å². The van der Waals surface area contributed by atoms with Crippen LogP contribution in [0.1, 0.15) is 30.5 Å². The van der Waals surface area contributed by atoms with Crippen LogP contribution in [-0.4, -0.2) is 45.5 Å². The smallest absolute Gasteiger partial charge is 0.323 e. The maximum Gasteiger partial charge on any atom is 0.323 e. The fourth-order valence-electron chi connectivity index (χ4n) is 3.78. The second-order valence-corrected chi connectivity index (χ2v) is 6.92. The summed E-state index contributed by atoms with van der Waals surface area (Å²) in [6, 6.07) is 9.88. The van der Waals surface area contributed by atoms with Gasteiger partial charge < -0.3 is 10.0 Å². The number of carbonyl (C=O) groups excluding carboxylic acids is 1. The lowest BCUT2D eigenvalue weighted by Crippen LogP contribution is -2.42. The van der Waals surface area contributed by atoms with Crippen LogP contribution in [0.3, 0.4) is 0 Å². The number of aliphatic hydroxyl groups excluding tert-OH is 1. The Morgan fingerprint density at radius 2 is 1.96 bits per heavy atom. The molecule has 1 aromatic carbocycles. The third kappa shape index (κ3) is 3.14. The predicted octanol–water partition coefficient (Wildman–Crippen LogP) is 2.60. The van der Waals surface area contributed by atoms with Crippen molar-refractivity contribution in [3.63, 3.8) is 0 Å². The van der Waals surface area contributed by atoms with Gasteiger partial charge in [0.05, 0.1) is 11.4 Å². The second-order valence-electron chi connectivity index (χ2n) is 6.92. The van der Waals surface area contributed by atoms with E-state index in [0.29, 0.717) is 19.0 Å². The van der Waals surface area contributed by atoms with Gasteiger partial charge in [-0.05, 0) is 50.2 Å². The molecule has 6 heteroatoms. The number of para-hydroxylation sites is 1. The largest absolute Gasteiger partial charge is 0.396 e. The zero-order valence-corrected chi connectivity index (χ0v) is 14.3. The molecule has 0 atom stereocenters. The van der Waals surface area contributed by atoms with Crippen molar-refractivity contribution < 1.29 is 9.90 Å². The fraction of sp³-hybridized carbons (Fsp3) is 0.474. The van der Waals surface area contributed by atoms with Crippen LogP contribution in [0.25, 0.3) is 5.69 Å². The molecule has 25 heavy (non-hydrogen) atoms. The molecular weight excluding hydrogens is 316 g/mol. The Morgan fingerprint density at radius 3 is 2.68 bits per heavy atom. The number of amides is 2. The number of urea groups is 1. The van der Waals surface area contributed by atoms with Crippen LogP contribution in [-0.2, 0) is 12.8 Å². The molecule has 6 nitrogen and oxygen atoms in total. The molecule has 4 rings (SSSR count). The Kier molecular flexibility index (Phi) is 4.44. The first-order valence-corrected chi connectivity index (χ1v) is 9.09. The first kappa shape index (κ1) is 16.1. The maximum absolute atomic E-state index is 12.8. The summed E-state index contributed by atoms with van der Waals surface area (Å²) in [6.07, 6.45) is 4.75. The van der Waals surface area contributed by atoms with E-state index in [2.05, 4.69) is 5.32 Å². The number of piperidine rings is 1. The molecule has 2 aliphatic rings. The van der Waals surface area contributed by atoms with Crippen LogP contribution in [0.5, 0.6) is 0 Å². The van der Waals surface area contributed by atoms with Crippen LogP contribution in [0, 0.1) is 5.92 Å². The minimum absolute atomic E-state index is 0.0665. The summed E-state index contributed by atoms with van der Waals surface area (Å²) in [5, 5.41) is 17.1. The molecule has 1 saturated heterocycles. The SMILES string of the molecule is O=C(Nc1c2c(nn1-c1ccccc1)CCC2)N1CCC(CO)CC1. The Hall–Kier alpha value is -2.34. The summed E-state index contributed by atoms with van der Waals surface area (Å²) < 4.78 is 1.86. The zero-order valence-electron chi connectivity index (χ0n) is 14.3. The first-order valence-electron chi connectivity index (χ1n) is 9.09. The molecule has 0 bridgehead atoms. The van der Waals surface area contributed by atoms with Gasteiger partial charge in [-0.2, -0.15) is 5.10 Å². The number of nitrogens with zero attached hydrogens (tertiary/aromatic N) is 3. The van der Waals surface area contributed by atoms with E-state index in [1.165, 1.54) is 5.56 Å². The van der Waals surface area contributed by atoms with Crippen LogP contribution in [0.2, 0.25) is 0 Å². The highest BCUT2D eigenvalue weighted by atomic mass is 16.3. The monoisotopic (exact) mass is 340 g/mol. The van der Waals surface area contributed by atoms with E-state index in [1.54, 1.807) is 0 Å². The molecule has 2 aromatic rings. The number of nitrogens with one attached hydrogen (secondary N) is 1. The molecule has 2 heterocycles. The molecule has 0 saturated carbocycles. The third-order valence-corrected chi connectivity index (χ3v) is 5.29. The average Bonchev–Trinajstić information content (AvgIpc) is 3.25. The zero-order chi connectivity index (χ0) is 17.2. The van der Waals surface area contributed by atoms with Gasteiger partial charge in [0.15, 0.2) is 0 Å². The van der Waals surface area contributed by atoms with Crippen molar-refractivity contribution in [3.05, 3.63) is 41.6 Å². The van der Waals surface area contributed by atoms with Gasteiger partial charge in [-0.3, -0.25) is 5.32 Å². The summed E-state index contributed by atoms with van der Waals surface area (Å²) in [6.45, 7) is 1.60. The number of likely N-dealkylation sites (tertiary alicyclic amines) is 1. The van der Waals surface area contributed by atoms with Gasteiger partial charge in [0.1, 0.15) is 5.82 Å². The molecule has 1 aliphatic heterocycles. The van der Waals surface area contributed by atoms with Crippen molar-refractivity contribution in [3.8, 4) is 5.69 Å². The molecule has 2 amide bonds. The summed E-state index contributed by atoms with van der Waals surface area (Å²) >= 11 is 0. The van der Waals surface area contributed by atoms with Crippen molar-refractivity contribution in [1.82, 2.24) is 14.7 Å². The number of benzene rings is 1. The summed E-state index contributed by atoms with van der Waals surface area (Å²) in [7, 11) is 0. The number of aryl methyl sites for hydroxylation is 1. The van der Waals surface area contributed by atoms with Gasteiger partial charge in [-0.25, -0.2) is 9.48 Å². The highest BCUT2D eigenvalue weighted by Crippen LogP contribution is 2.31. The number of anilines is 1. The lowest BCUT2D eigenvalue weighted by atomic mass is 9.98. The lowest BCUT2D eigenvalue weighted by Gasteiger charge is -2.31. The Labute approximate surface area is 147 Å². The van der Waals surface area contributed by atoms with Crippen LogP contribution in [0.4, 0.5) is 10.6 Å². The van der Waals surface area contributed by atoms with Crippen molar-refractivity contribution in [2.45, 2.75) is 32.1 Å². The standard InChI is InChI=1S/C19H24N4O2/c24-13-14-9-11-22(12-10-14)19(25)20-18-16-7-4-8-17(16)21-23(18)15-5-2-1-3-6-15/h1-3,5-6,14,24H,4,7-13H2,(H,20,25). The first-order chi connectivity index (χ1) is 12.3. The quantitative estimate of drug-likeness (QED) is 0.902. The molecule has 0 radical (unpaired) electrons. The van der Waals surface area contributed by atoms with Gasteiger partial charge in [-0.1, -0.05) is 18.2 Å². The van der Waals surface area contributed by atoms with Crippen molar-refractivity contribution in [1.29, 1.82) is 0 Å². The molecule has 2 N–H and O–H groups in total. The summed E-state index contributed by atoms with van der Waals surface area (Å²) in [5.74, 6) is 1.14. The average molecular weight is 340 g/mol. The minimum Gasteiger partial charge on any atom is -0.396 e. The molecule has 0 spiro atoms. The Balaban J connectivity index is 1.57. The van der Waals surface area contributed by atoms with Crippen LogP contribution < -0.4 is 5.32 Å². The second kappa shape index (κ2) is 6.88. The van der Waals surface area contributed by atoms with E-state index < -0.39 is 0 Å². The highest BCUT2D eigenvalue weighted by Gasteiger charge is 2.27. The van der Waals surface area contributed by atoms with Crippen molar-refractivity contribution in [2.24, 2.45) is 5.92 Å². The number of fused-ring (bicyclic) bond motifs is 1. The van der Waals surface area contributed by atoms with E-state index in [0.717, 1.165) is 49.3 Å². The molecule has 1 aliphatic carbocycles. The molecule has 1 aromatic heterocycles. The summed E-state index contributed by atoms with van der Waals surface area (Å²) in [5.41, 5.74) is 3.23. The Bertz CT molecular complexity index is 748. The third-order valence-electron chi connectivity index (χ3n) is 5.29. The molecule has 0 unspecified atom stereocenters. The maximum atomic E-state index is 12.8. The van der Waals surface area contributed by atoms with E-state index in [1.807, 2.05) is 39.9 Å². The number of rotatable bonds is 3. The topological polar surface area (TPSA) is 70.4 Å². The van der Waals surface area contributed by atoms with Gasteiger partial charge in [-0.15, -0.1) is 0 Å². The van der Waals surface area contributed by atoms with E-state index >= 15 is 0 Å². The number of hydrogen-bond acceptors (Lipinski definition) is 3. The van der Waals surface area contributed by atoms with Gasteiger partial charge in [0.25, 0.3) is 0 Å². The molecule has 132 valence electrons. The fourth-order valence-corrected chi connectivity index (χ4v) is 3.78. The number of hydrogen-bond donors (Lipinski definition) is 2. The molecule has 1 fully saturated rings. The van der Waals surface area contributed by atoms with Gasteiger partial charge in [0, 0.05) is 25.3 Å². The Morgan fingerprint density at radius 1 is 1.20 bits per heavy atom. The minimum atomic E-state index is -0.0665. The van der Waals surface area contributed by atoms with E-state index in [4.69, 9.17) is 5.10 Å². The number of carbonyl (C=O) groups is 1. The predicted molar refractivity (Wildman–Crippen MR) is 96.0 cm³/mol. The molecular formula is C19H24N4O2. The lowest BCUT2D eigenvalue weighted by molar-refractivity contribution is 0.143.